The van der Waals surface area contributed by atoms with Gasteiger partial charge in [0, 0.05) is 38.9 Å². The molecule has 35 heavy (non-hydrogen) atoms. The van der Waals surface area contributed by atoms with E-state index in [1.807, 2.05) is 31.2 Å². The van der Waals surface area contributed by atoms with Gasteiger partial charge in [0.2, 0.25) is 0 Å². The average Bonchev–Trinajstić information content (AvgIpc) is 3.39. The van der Waals surface area contributed by atoms with Crippen LogP contribution < -0.4 is 9.64 Å². The standard InChI is InChI=1S/C27H20Cl2N2O4/c1-14-7-9-16(12-19(14)28)31-24(18-13-30-21-6-4-3-5-17(18)21)23(26(33)27(31)34)25(32)15-8-10-22(35-2)20(29)11-15/h3-13,24,30,32H,1-2H3/b25-23+. The van der Waals surface area contributed by atoms with Gasteiger partial charge in [0.25, 0.3) is 11.7 Å². The summed E-state index contributed by atoms with van der Waals surface area (Å²) in [5.74, 6) is -1.47. The minimum absolute atomic E-state index is 0.0438. The molecular weight excluding hydrogens is 487 g/mol. The average molecular weight is 507 g/mol. The number of benzene rings is 3. The van der Waals surface area contributed by atoms with E-state index in [2.05, 4.69) is 4.98 Å². The lowest BCUT2D eigenvalue weighted by atomic mass is 9.94. The monoisotopic (exact) mass is 506 g/mol. The summed E-state index contributed by atoms with van der Waals surface area (Å²) in [6, 6.07) is 16.5. The molecule has 0 aliphatic carbocycles. The molecule has 2 N–H and O–H groups in total. The van der Waals surface area contributed by atoms with Gasteiger partial charge in [0.15, 0.2) is 0 Å². The van der Waals surface area contributed by atoms with Crippen LogP contribution in [0.4, 0.5) is 5.69 Å². The molecule has 1 amide bonds. The van der Waals surface area contributed by atoms with Gasteiger partial charge in [-0.2, -0.15) is 0 Å². The Balaban J connectivity index is 1.77. The van der Waals surface area contributed by atoms with Gasteiger partial charge < -0.3 is 14.8 Å². The van der Waals surface area contributed by atoms with Gasteiger partial charge in [-0.25, -0.2) is 0 Å². The number of para-hydroxylation sites is 1. The topological polar surface area (TPSA) is 82.6 Å². The third kappa shape index (κ3) is 3.75. The molecule has 0 saturated carbocycles. The van der Waals surface area contributed by atoms with E-state index in [9.17, 15) is 14.7 Å². The highest BCUT2D eigenvalue weighted by Gasteiger charge is 2.47. The number of aryl methyl sites for hydroxylation is 1. The molecule has 2 heterocycles. The second-order valence-corrected chi connectivity index (χ2v) is 9.06. The number of carbonyl (C=O) groups is 2. The van der Waals surface area contributed by atoms with Crippen molar-refractivity contribution in [2.45, 2.75) is 13.0 Å². The molecule has 3 aromatic carbocycles. The summed E-state index contributed by atoms with van der Waals surface area (Å²) >= 11 is 12.6. The van der Waals surface area contributed by atoms with Gasteiger partial charge >= 0.3 is 0 Å². The Morgan fingerprint density at radius 1 is 1.03 bits per heavy atom. The van der Waals surface area contributed by atoms with Crippen molar-refractivity contribution in [2.24, 2.45) is 0 Å². The van der Waals surface area contributed by atoms with E-state index >= 15 is 0 Å². The Morgan fingerprint density at radius 2 is 1.80 bits per heavy atom. The normalized spacial score (nSPS) is 17.4. The first-order valence-electron chi connectivity index (χ1n) is 10.8. The predicted molar refractivity (Wildman–Crippen MR) is 137 cm³/mol. The second kappa shape index (κ2) is 8.80. The number of hydrogen-bond donors (Lipinski definition) is 2. The molecule has 5 rings (SSSR count). The molecule has 0 spiro atoms. The molecule has 176 valence electrons. The van der Waals surface area contributed by atoms with Crippen molar-refractivity contribution in [3.8, 4) is 5.75 Å². The maximum absolute atomic E-state index is 13.4. The quantitative estimate of drug-likeness (QED) is 0.190. The number of methoxy groups -OCH3 is 1. The second-order valence-electron chi connectivity index (χ2n) is 8.24. The Bertz CT molecular complexity index is 1540. The number of H-pyrrole nitrogens is 1. The molecule has 1 aliphatic rings. The maximum atomic E-state index is 13.4. The van der Waals surface area contributed by atoms with Crippen LogP contribution in [0.15, 0.2) is 72.4 Å². The number of ether oxygens (including phenoxy) is 1. The number of nitrogens with one attached hydrogen (secondary N) is 1. The van der Waals surface area contributed by atoms with Crippen molar-refractivity contribution in [2.75, 3.05) is 12.0 Å². The van der Waals surface area contributed by atoms with Crippen LogP contribution in [0.1, 0.15) is 22.7 Å². The van der Waals surface area contributed by atoms with Crippen LogP contribution in [0.3, 0.4) is 0 Å². The van der Waals surface area contributed by atoms with E-state index in [1.54, 1.807) is 36.5 Å². The minimum Gasteiger partial charge on any atom is -0.507 e. The zero-order valence-electron chi connectivity index (χ0n) is 18.8. The molecule has 8 heteroatoms. The molecule has 1 unspecified atom stereocenters. The van der Waals surface area contributed by atoms with Crippen LogP contribution in [0.5, 0.6) is 5.75 Å². The number of rotatable bonds is 4. The van der Waals surface area contributed by atoms with Gasteiger partial charge in [-0.15, -0.1) is 0 Å². The largest absolute Gasteiger partial charge is 0.507 e. The number of Topliss-reactive ketones (excluding diaryl/α,β-unsaturated/α-hetero) is 1. The van der Waals surface area contributed by atoms with Gasteiger partial charge in [-0.3, -0.25) is 14.5 Å². The number of halogens is 2. The minimum atomic E-state index is -0.897. The molecule has 1 atom stereocenters. The van der Waals surface area contributed by atoms with Gasteiger partial charge in [-0.1, -0.05) is 47.5 Å². The predicted octanol–water partition coefficient (Wildman–Crippen LogP) is 6.42. The van der Waals surface area contributed by atoms with Crippen molar-refractivity contribution in [3.05, 3.63) is 99.2 Å². The number of fused-ring (bicyclic) bond motifs is 1. The summed E-state index contributed by atoms with van der Waals surface area (Å²) in [5, 5.41) is 12.9. The number of anilines is 1. The fraction of sp³-hybridized carbons (Fsp3) is 0.111. The zero-order chi connectivity index (χ0) is 24.9. The Morgan fingerprint density at radius 3 is 2.51 bits per heavy atom. The zero-order valence-corrected chi connectivity index (χ0v) is 20.3. The number of aliphatic hydroxyl groups is 1. The summed E-state index contributed by atoms with van der Waals surface area (Å²) in [4.78, 5) is 31.4. The highest BCUT2D eigenvalue weighted by molar-refractivity contribution is 6.52. The molecule has 1 aliphatic heterocycles. The summed E-state index contributed by atoms with van der Waals surface area (Å²) in [7, 11) is 1.48. The van der Waals surface area contributed by atoms with Crippen molar-refractivity contribution >= 4 is 57.2 Å². The number of aromatic amines is 1. The SMILES string of the molecule is COc1ccc(/C(O)=C2\C(=O)C(=O)N(c3ccc(C)c(Cl)c3)C2c2c[nH]c3ccccc23)cc1Cl. The van der Waals surface area contributed by atoms with Gasteiger partial charge in [0.05, 0.1) is 23.7 Å². The van der Waals surface area contributed by atoms with E-state index in [0.717, 1.165) is 16.5 Å². The van der Waals surface area contributed by atoms with E-state index in [0.29, 0.717) is 27.6 Å². The number of hydrogen-bond acceptors (Lipinski definition) is 4. The van der Waals surface area contributed by atoms with Crippen LogP contribution in [0.25, 0.3) is 16.7 Å². The number of aliphatic hydroxyl groups excluding tert-OH is 1. The highest BCUT2D eigenvalue weighted by atomic mass is 35.5. The third-order valence-electron chi connectivity index (χ3n) is 6.22. The molecule has 1 fully saturated rings. The molecule has 1 saturated heterocycles. The molecule has 4 aromatic rings. The van der Waals surface area contributed by atoms with Gasteiger partial charge in [0.1, 0.15) is 11.5 Å². The summed E-state index contributed by atoms with van der Waals surface area (Å²) in [5.41, 5.74) is 3.03. The third-order valence-corrected chi connectivity index (χ3v) is 6.92. The number of amides is 1. The summed E-state index contributed by atoms with van der Waals surface area (Å²) in [6.45, 7) is 1.85. The van der Waals surface area contributed by atoms with Gasteiger partial charge in [-0.05, 0) is 48.9 Å². The lowest BCUT2D eigenvalue weighted by Gasteiger charge is -2.25. The van der Waals surface area contributed by atoms with E-state index in [1.165, 1.54) is 18.1 Å². The number of ketones is 1. The first-order chi connectivity index (χ1) is 16.8. The molecule has 6 nitrogen and oxygen atoms in total. The lowest BCUT2D eigenvalue weighted by molar-refractivity contribution is -0.132. The first kappa shape index (κ1) is 23.0. The van der Waals surface area contributed by atoms with Crippen molar-refractivity contribution in [1.29, 1.82) is 0 Å². The van der Waals surface area contributed by atoms with Crippen molar-refractivity contribution < 1.29 is 19.4 Å². The van der Waals surface area contributed by atoms with E-state index in [4.69, 9.17) is 27.9 Å². The van der Waals surface area contributed by atoms with Crippen LogP contribution in [-0.4, -0.2) is 28.9 Å². The molecule has 1 aromatic heterocycles. The van der Waals surface area contributed by atoms with Crippen molar-refractivity contribution in [1.82, 2.24) is 4.98 Å². The van der Waals surface area contributed by atoms with E-state index in [-0.39, 0.29) is 16.4 Å². The van der Waals surface area contributed by atoms with Crippen LogP contribution in [-0.2, 0) is 9.59 Å². The maximum Gasteiger partial charge on any atom is 0.300 e. The Kier molecular flexibility index (Phi) is 5.79. The molecule has 0 radical (unpaired) electrons. The van der Waals surface area contributed by atoms with Crippen LogP contribution >= 0.6 is 23.2 Å². The smallest absolute Gasteiger partial charge is 0.300 e. The fourth-order valence-corrected chi connectivity index (χ4v) is 4.85. The lowest BCUT2D eigenvalue weighted by Crippen LogP contribution is -2.29. The fourth-order valence-electron chi connectivity index (χ4n) is 4.41. The van der Waals surface area contributed by atoms with E-state index < -0.39 is 17.7 Å². The van der Waals surface area contributed by atoms with Crippen LogP contribution in [0.2, 0.25) is 10.0 Å². The Hall–Kier alpha value is -3.74. The van der Waals surface area contributed by atoms with Crippen molar-refractivity contribution in [3.63, 3.8) is 0 Å². The van der Waals surface area contributed by atoms with Crippen LogP contribution in [0, 0.1) is 6.92 Å². The number of aromatic nitrogens is 1. The number of carbonyl (C=O) groups excluding carboxylic acids is 2. The molecular formula is C27H20Cl2N2O4. The summed E-state index contributed by atoms with van der Waals surface area (Å²) < 4.78 is 5.19. The highest BCUT2D eigenvalue weighted by Crippen LogP contribution is 2.45. The Labute approximate surface area is 211 Å². The first-order valence-corrected chi connectivity index (χ1v) is 11.5. The number of nitrogens with zero attached hydrogens (tertiary/aromatic N) is 1. The molecule has 0 bridgehead atoms. The summed E-state index contributed by atoms with van der Waals surface area (Å²) in [6.07, 6.45) is 1.75.